The zero-order valence-corrected chi connectivity index (χ0v) is 38.5. The van der Waals surface area contributed by atoms with E-state index in [4.69, 9.17) is 25.8 Å². The number of piperazine rings is 1. The number of fused-ring (bicyclic) bond motifs is 2. The van der Waals surface area contributed by atoms with Crippen LogP contribution in [0.1, 0.15) is 74.7 Å². The second-order valence-corrected chi connectivity index (χ2v) is 20.6. The Balaban J connectivity index is 0.922. The molecule has 1 saturated heterocycles. The minimum atomic E-state index is -4.68. The van der Waals surface area contributed by atoms with Crippen LogP contribution in [0.25, 0.3) is 16.6 Å². The molecule has 18 heteroatoms. The molecule has 0 radical (unpaired) electrons. The summed E-state index contributed by atoms with van der Waals surface area (Å²) < 4.78 is 48.2. The number of hydrogen-bond donors (Lipinski definition) is 4. The van der Waals surface area contributed by atoms with Crippen LogP contribution >= 0.6 is 11.6 Å². The summed E-state index contributed by atoms with van der Waals surface area (Å²) in [7, 11) is -4.68. The van der Waals surface area contributed by atoms with Crippen molar-refractivity contribution in [3.8, 4) is 17.2 Å². The van der Waals surface area contributed by atoms with Crippen LogP contribution in [0.4, 0.5) is 17.1 Å². The van der Waals surface area contributed by atoms with Gasteiger partial charge in [0.15, 0.2) is 11.4 Å². The minimum Gasteiger partial charge on any atom is -0.489 e. The third-order valence-electron chi connectivity index (χ3n) is 13.1. The number of ether oxygens (including phenoxy) is 3. The Kier molecular flexibility index (Phi) is 13.0. The van der Waals surface area contributed by atoms with Gasteiger partial charge in [-0.3, -0.25) is 19.8 Å². The topological polar surface area (TPSA) is 201 Å². The first kappa shape index (κ1) is 45.4. The molecule has 16 nitrogen and oxygen atoms in total. The molecule has 2 fully saturated rings. The van der Waals surface area contributed by atoms with Crippen LogP contribution < -0.4 is 24.4 Å². The maximum atomic E-state index is 14.1. The number of H-pyrrole nitrogens is 1. The average molecular weight is 941 g/mol. The second kappa shape index (κ2) is 18.9. The third kappa shape index (κ3) is 10.3. The number of aromatic amines is 1. The number of amides is 1. The molecule has 4 heterocycles. The lowest BCUT2D eigenvalue weighted by Gasteiger charge is -2.39. The molecule has 4 aliphatic rings. The molecule has 2 aliphatic heterocycles. The lowest BCUT2D eigenvalue weighted by atomic mass is 9.72. The first-order chi connectivity index (χ1) is 31.7. The quantitative estimate of drug-likeness (QED) is 0.0649. The van der Waals surface area contributed by atoms with Crippen molar-refractivity contribution in [2.75, 3.05) is 56.2 Å². The van der Waals surface area contributed by atoms with Crippen LogP contribution in [-0.2, 0) is 14.8 Å². The van der Waals surface area contributed by atoms with Crippen LogP contribution in [0, 0.1) is 15.5 Å². The molecule has 1 atom stereocenters. The summed E-state index contributed by atoms with van der Waals surface area (Å²) in [5, 5.41) is 26.7. The fourth-order valence-corrected chi connectivity index (χ4v) is 10.5. The van der Waals surface area contributed by atoms with Gasteiger partial charge < -0.3 is 34.5 Å². The monoisotopic (exact) mass is 939 g/mol. The van der Waals surface area contributed by atoms with E-state index in [1.807, 2.05) is 18.2 Å². The highest BCUT2D eigenvalue weighted by atomic mass is 35.5. The van der Waals surface area contributed by atoms with Gasteiger partial charge >= 0.3 is 0 Å². The number of aliphatic hydroxyl groups is 1. The molecule has 5 aromatic rings. The summed E-state index contributed by atoms with van der Waals surface area (Å²) >= 11 is 6.25. The molecule has 4 N–H and O–H groups in total. The number of hydrogen-bond acceptors (Lipinski definition) is 13. The molecule has 348 valence electrons. The lowest BCUT2D eigenvalue weighted by Crippen LogP contribution is -2.47. The summed E-state index contributed by atoms with van der Waals surface area (Å²) in [5.74, 6) is -0.609. The van der Waals surface area contributed by atoms with Crippen molar-refractivity contribution < 1.29 is 37.5 Å². The standard InChI is InChI=1S/C48H54ClN7O9S/c1-48(2)15-13-32(41(25-48)30-3-5-33(49)6-4-30)27-54-17-19-55(20-18-54)35-7-12-40(43(22-35)65-38-21-31-14-16-50-46(31)51-26-38)47(58)53-66(61,62)39-23-42(56(59)60)45-44(24-39)64-29-34(52-45)28-63-37-10-8-36(57)9-11-37/h3-7,12,14,16,21-24,26,34,36-37,52,57H,8-11,13,15,17-20,25,27-29H2,1-2H3,(H,50,51)(H,53,58)/t34-,36?,37?/m1/s1. The van der Waals surface area contributed by atoms with Crippen LogP contribution in [0.2, 0.25) is 5.02 Å². The first-order valence-corrected chi connectivity index (χ1v) is 24.3. The number of benzene rings is 3. The van der Waals surface area contributed by atoms with Gasteiger partial charge in [-0.15, -0.1) is 0 Å². The van der Waals surface area contributed by atoms with Gasteiger partial charge in [0.1, 0.15) is 23.8 Å². The van der Waals surface area contributed by atoms with Gasteiger partial charge in [0.2, 0.25) is 0 Å². The van der Waals surface area contributed by atoms with Crippen molar-refractivity contribution in [2.45, 2.75) is 81.9 Å². The molecule has 66 heavy (non-hydrogen) atoms. The van der Waals surface area contributed by atoms with Crippen molar-refractivity contribution in [1.82, 2.24) is 19.6 Å². The highest BCUT2D eigenvalue weighted by Gasteiger charge is 2.34. The maximum Gasteiger partial charge on any atom is 0.297 e. The summed E-state index contributed by atoms with van der Waals surface area (Å²) in [4.78, 5) is 37.3. The third-order valence-corrected chi connectivity index (χ3v) is 14.7. The van der Waals surface area contributed by atoms with E-state index in [-0.39, 0.29) is 53.6 Å². The summed E-state index contributed by atoms with van der Waals surface area (Å²) in [5.41, 5.74) is 5.14. The number of carbonyl (C=O) groups is 1. The molecule has 0 bridgehead atoms. The highest BCUT2D eigenvalue weighted by Crippen LogP contribution is 2.44. The van der Waals surface area contributed by atoms with E-state index >= 15 is 0 Å². The van der Waals surface area contributed by atoms with E-state index in [0.29, 0.717) is 50.2 Å². The van der Waals surface area contributed by atoms with E-state index in [2.05, 4.69) is 55.8 Å². The summed E-state index contributed by atoms with van der Waals surface area (Å²) in [6.45, 7) is 8.81. The SMILES string of the molecule is CC1(C)CCC(CN2CCN(c3ccc(C(=O)NS(=O)(=O)c4cc5c(c([N+](=O)[O-])c4)N[C@H](COC4CCC(O)CC4)CO5)c(Oc4cnc5[nH]ccc5c4)c3)CC2)=C(c2ccc(Cl)cc2)C1. The minimum absolute atomic E-state index is 0.0158. The van der Waals surface area contributed by atoms with Gasteiger partial charge in [-0.25, -0.2) is 18.1 Å². The number of nitrogens with one attached hydrogen (secondary N) is 3. The zero-order chi connectivity index (χ0) is 46.2. The van der Waals surface area contributed by atoms with Crippen LogP contribution in [0.5, 0.6) is 17.2 Å². The summed E-state index contributed by atoms with van der Waals surface area (Å²) in [6.07, 6.45) is 8.76. The molecule has 9 rings (SSSR count). The molecule has 2 aliphatic carbocycles. The van der Waals surface area contributed by atoms with E-state index in [9.17, 15) is 28.4 Å². The average Bonchev–Trinajstić information content (AvgIpc) is 3.77. The van der Waals surface area contributed by atoms with Gasteiger partial charge in [-0.05, 0) is 97.9 Å². The molecule has 3 aromatic carbocycles. The Morgan fingerprint density at radius 3 is 2.58 bits per heavy atom. The normalized spacial score (nSPS) is 21.2. The molecule has 0 unspecified atom stereocenters. The summed E-state index contributed by atoms with van der Waals surface area (Å²) in [6, 6.07) is 18.4. The number of nitro groups is 1. The van der Waals surface area contributed by atoms with Crippen molar-refractivity contribution in [1.29, 1.82) is 0 Å². The predicted octanol–water partition coefficient (Wildman–Crippen LogP) is 8.31. The number of anilines is 2. The number of rotatable bonds is 13. The van der Waals surface area contributed by atoms with Gasteiger partial charge in [-0.2, -0.15) is 0 Å². The van der Waals surface area contributed by atoms with E-state index in [0.717, 1.165) is 67.1 Å². The van der Waals surface area contributed by atoms with Gasteiger partial charge in [0, 0.05) is 73.2 Å². The van der Waals surface area contributed by atoms with Crippen molar-refractivity contribution >= 4 is 61.2 Å². The smallest absolute Gasteiger partial charge is 0.297 e. The molecule has 0 spiro atoms. The molecule has 2 aromatic heterocycles. The highest BCUT2D eigenvalue weighted by molar-refractivity contribution is 7.90. The number of pyridine rings is 1. The maximum absolute atomic E-state index is 14.1. The number of aliphatic hydroxyl groups excluding tert-OH is 1. The fourth-order valence-electron chi connectivity index (χ4n) is 9.34. The van der Waals surface area contributed by atoms with Crippen molar-refractivity contribution in [2.24, 2.45) is 5.41 Å². The van der Waals surface area contributed by atoms with Crippen LogP contribution in [0.15, 0.2) is 89.6 Å². The number of nitrogens with zero attached hydrogens (tertiary/aromatic N) is 4. The number of sulfonamides is 1. The van der Waals surface area contributed by atoms with Gasteiger partial charge in [0.05, 0.1) is 46.4 Å². The Labute approximate surface area is 388 Å². The first-order valence-electron chi connectivity index (χ1n) is 22.4. The Morgan fingerprint density at radius 2 is 1.82 bits per heavy atom. The number of aromatic nitrogens is 2. The Hall–Kier alpha value is -5.72. The van der Waals surface area contributed by atoms with Gasteiger partial charge in [0.25, 0.3) is 21.6 Å². The Morgan fingerprint density at radius 1 is 1.05 bits per heavy atom. The number of carbonyl (C=O) groups excluding carboxylic acids is 1. The van der Waals surface area contributed by atoms with E-state index in [1.54, 1.807) is 24.4 Å². The molecular formula is C48H54ClN7O9S. The number of nitro benzene ring substituents is 1. The fraction of sp³-hybridized carbons (Fsp3) is 0.417. The van der Waals surface area contributed by atoms with E-state index in [1.165, 1.54) is 29.0 Å². The largest absolute Gasteiger partial charge is 0.489 e. The predicted molar refractivity (Wildman–Crippen MR) is 252 cm³/mol. The van der Waals surface area contributed by atoms with Crippen molar-refractivity contribution in [3.05, 3.63) is 111 Å². The second-order valence-electron chi connectivity index (χ2n) is 18.5. The lowest BCUT2D eigenvalue weighted by molar-refractivity contribution is -0.384. The molecule has 1 amide bonds. The molecular weight excluding hydrogens is 886 g/mol. The number of halogens is 1. The molecule has 1 saturated carbocycles. The van der Waals surface area contributed by atoms with Crippen molar-refractivity contribution in [3.63, 3.8) is 0 Å². The van der Waals surface area contributed by atoms with Gasteiger partial charge in [-0.1, -0.05) is 43.2 Å². The number of allylic oxidation sites excluding steroid dienone is 1. The van der Waals surface area contributed by atoms with E-state index < -0.39 is 37.5 Å². The zero-order valence-electron chi connectivity index (χ0n) is 36.9. The van der Waals surface area contributed by atoms with Crippen LogP contribution in [0.3, 0.4) is 0 Å². The van der Waals surface area contributed by atoms with Crippen LogP contribution in [-0.4, -0.2) is 103 Å². The Bertz CT molecular complexity index is 2760.